The SMILES string of the molecule is CN1C(=O)C[C@H](C(=O)O)C12CCN(Cc1cnn(C)c1)CC2. The molecule has 0 radical (unpaired) electrons. The summed E-state index contributed by atoms with van der Waals surface area (Å²) in [6, 6.07) is 0. The molecular formula is C15H22N4O3. The van der Waals surface area contributed by atoms with E-state index in [2.05, 4.69) is 10.00 Å². The molecule has 3 rings (SSSR count). The molecule has 1 aromatic heterocycles. The molecule has 22 heavy (non-hydrogen) atoms. The van der Waals surface area contributed by atoms with Crippen molar-refractivity contribution in [2.75, 3.05) is 20.1 Å². The normalized spacial score (nSPS) is 25.1. The minimum Gasteiger partial charge on any atom is -0.481 e. The third kappa shape index (κ3) is 2.39. The quantitative estimate of drug-likeness (QED) is 0.870. The maximum Gasteiger partial charge on any atom is 0.309 e. The van der Waals surface area contributed by atoms with Gasteiger partial charge in [-0.2, -0.15) is 5.10 Å². The summed E-state index contributed by atoms with van der Waals surface area (Å²) >= 11 is 0. The lowest BCUT2D eigenvalue weighted by atomic mass is 9.77. The number of aliphatic carboxylic acids is 1. The van der Waals surface area contributed by atoms with E-state index in [1.165, 1.54) is 0 Å². The Hall–Kier alpha value is -1.89. The van der Waals surface area contributed by atoms with Crippen LogP contribution in [-0.2, 0) is 23.2 Å². The van der Waals surface area contributed by atoms with Gasteiger partial charge < -0.3 is 10.0 Å². The van der Waals surface area contributed by atoms with Crippen LogP contribution in [0.2, 0.25) is 0 Å². The first kappa shape index (κ1) is 15.0. The lowest BCUT2D eigenvalue weighted by molar-refractivity contribution is -0.146. The summed E-state index contributed by atoms with van der Waals surface area (Å²) in [5.41, 5.74) is 0.651. The molecule has 120 valence electrons. The summed E-state index contributed by atoms with van der Waals surface area (Å²) in [6.45, 7) is 2.42. The molecule has 0 saturated carbocycles. The second kappa shape index (κ2) is 5.39. The largest absolute Gasteiger partial charge is 0.481 e. The number of likely N-dealkylation sites (tertiary alicyclic amines) is 2. The molecule has 1 N–H and O–H groups in total. The molecule has 2 aliphatic heterocycles. The average molecular weight is 306 g/mol. The Balaban J connectivity index is 1.69. The van der Waals surface area contributed by atoms with E-state index in [-0.39, 0.29) is 12.3 Å². The molecule has 2 aliphatic rings. The fourth-order valence-electron chi connectivity index (χ4n) is 3.89. The highest BCUT2D eigenvalue weighted by Gasteiger charge is 2.55. The number of hydrogen-bond acceptors (Lipinski definition) is 4. The highest BCUT2D eigenvalue weighted by Crippen LogP contribution is 2.42. The number of nitrogens with zero attached hydrogens (tertiary/aromatic N) is 4. The van der Waals surface area contributed by atoms with Crippen molar-refractivity contribution >= 4 is 11.9 Å². The van der Waals surface area contributed by atoms with Gasteiger partial charge in [0.05, 0.1) is 17.7 Å². The van der Waals surface area contributed by atoms with E-state index in [1.54, 1.807) is 16.6 Å². The number of carboxylic acid groups (broad SMARTS) is 1. The van der Waals surface area contributed by atoms with Crippen LogP contribution in [-0.4, -0.2) is 62.2 Å². The van der Waals surface area contributed by atoms with Gasteiger partial charge in [-0.25, -0.2) is 0 Å². The van der Waals surface area contributed by atoms with Gasteiger partial charge in [-0.15, -0.1) is 0 Å². The molecule has 7 heteroatoms. The Labute approximate surface area is 129 Å². The summed E-state index contributed by atoms with van der Waals surface area (Å²) in [5, 5.41) is 13.6. The Kier molecular flexibility index (Phi) is 3.68. The lowest BCUT2D eigenvalue weighted by Crippen LogP contribution is -2.55. The van der Waals surface area contributed by atoms with E-state index < -0.39 is 17.4 Å². The van der Waals surface area contributed by atoms with Gasteiger partial charge >= 0.3 is 5.97 Å². The lowest BCUT2D eigenvalue weighted by Gasteiger charge is -2.45. The minimum absolute atomic E-state index is 0.0480. The molecule has 1 aromatic rings. The number of amides is 1. The first-order valence-corrected chi connectivity index (χ1v) is 7.62. The number of carbonyl (C=O) groups is 2. The number of carboxylic acids is 1. The third-order valence-corrected chi connectivity index (χ3v) is 5.25. The molecule has 2 fully saturated rings. The van der Waals surface area contributed by atoms with E-state index in [1.807, 2.05) is 19.4 Å². The molecule has 1 atom stereocenters. The summed E-state index contributed by atoms with van der Waals surface area (Å²) in [5.74, 6) is -1.47. The van der Waals surface area contributed by atoms with Crippen LogP contribution in [0.3, 0.4) is 0 Å². The van der Waals surface area contributed by atoms with Crippen LogP contribution in [0.15, 0.2) is 12.4 Å². The fourth-order valence-corrected chi connectivity index (χ4v) is 3.89. The summed E-state index contributed by atoms with van der Waals surface area (Å²) < 4.78 is 1.78. The van der Waals surface area contributed by atoms with Crippen molar-refractivity contribution in [2.45, 2.75) is 31.3 Å². The number of hydrogen-bond donors (Lipinski definition) is 1. The van der Waals surface area contributed by atoms with Gasteiger partial charge in [0.1, 0.15) is 0 Å². The van der Waals surface area contributed by atoms with Gasteiger partial charge in [0.2, 0.25) is 5.91 Å². The van der Waals surface area contributed by atoms with Crippen molar-refractivity contribution in [3.05, 3.63) is 18.0 Å². The topological polar surface area (TPSA) is 78.7 Å². The van der Waals surface area contributed by atoms with E-state index in [4.69, 9.17) is 0 Å². The van der Waals surface area contributed by atoms with Gasteiger partial charge in [-0.1, -0.05) is 0 Å². The van der Waals surface area contributed by atoms with Gasteiger partial charge in [-0.05, 0) is 12.8 Å². The molecule has 2 saturated heterocycles. The van der Waals surface area contributed by atoms with E-state index >= 15 is 0 Å². The van der Waals surface area contributed by atoms with Crippen molar-refractivity contribution < 1.29 is 14.7 Å². The maximum absolute atomic E-state index is 12.0. The zero-order valence-electron chi connectivity index (χ0n) is 13.0. The van der Waals surface area contributed by atoms with E-state index in [0.29, 0.717) is 12.8 Å². The zero-order valence-corrected chi connectivity index (χ0v) is 13.0. The van der Waals surface area contributed by atoms with Crippen LogP contribution in [0.5, 0.6) is 0 Å². The van der Waals surface area contributed by atoms with Gasteiger partial charge in [-0.3, -0.25) is 19.2 Å². The Morgan fingerprint density at radius 1 is 1.41 bits per heavy atom. The highest BCUT2D eigenvalue weighted by atomic mass is 16.4. The van der Waals surface area contributed by atoms with Crippen LogP contribution < -0.4 is 0 Å². The second-order valence-corrected chi connectivity index (χ2v) is 6.45. The van der Waals surface area contributed by atoms with Crippen LogP contribution in [0.1, 0.15) is 24.8 Å². The van der Waals surface area contributed by atoms with Gasteiger partial charge in [0, 0.05) is 51.9 Å². The number of aromatic nitrogens is 2. The zero-order chi connectivity index (χ0) is 15.9. The number of rotatable bonds is 3. The predicted molar refractivity (Wildman–Crippen MR) is 79.0 cm³/mol. The van der Waals surface area contributed by atoms with E-state index in [9.17, 15) is 14.7 Å². The molecule has 0 aliphatic carbocycles. The van der Waals surface area contributed by atoms with Gasteiger partial charge in [0.15, 0.2) is 0 Å². The fraction of sp³-hybridized carbons (Fsp3) is 0.667. The van der Waals surface area contributed by atoms with Crippen molar-refractivity contribution in [3.63, 3.8) is 0 Å². The van der Waals surface area contributed by atoms with Crippen molar-refractivity contribution in [1.29, 1.82) is 0 Å². The predicted octanol–water partition coefficient (Wildman–Crippen LogP) is 0.318. The standard InChI is InChI=1S/C15H22N4O3/c1-17-9-11(8-16-17)10-19-5-3-15(4-6-19)12(14(21)22)7-13(20)18(15)2/h8-9,12H,3-7,10H2,1-2H3,(H,21,22)/t12-/m1/s1. The molecule has 0 aromatic carbocycles. The monoisotopic (exact) mass is 306 g/mol. The summed E-state index contributed by atoms with van der Waals surface area (Å²) in [4.78, 5) is 27.5. The van der Waals surface area contributed by atoms with Crippen LogP contribution in [0.4, 0.5) is 0 Å². The average Bonchev–Trinajstić information content (AvgIpc) is 2.99. The summed E-state index contributed by atoms with van der Waals surface area (Å²) in [7, 11) is 3.65. The Morgan fingerprint density at radius 2 is 2.09 bits per heavy atom. The molecule has 3 heterocycles. The molecular weight excluding hydrogens is 284 g/mol. The van der Waals surface area contributed by atoms with Crippen LogP contribution in [0, 0.1) is 5.92 Å². The molecule has 1 spiro atoms. The minimum atomic E-state index is -0.849. The highest BCUT2D eigenvalue weighted by molar-refractivity contribution is 5.88. The third-order valence-electron chi connectivity index (χ3n) is 5.25. The number of piperidine rings is 1. The van der Waals surface area contributed by atoms with E-state index in [0.717, 1.165) is 25.2 Å². The van der Waals surface area contributed by atoms with Crippen LogP contribution >= 0.6 is 0 Å². The van der Waals surface area contributed by atoms with Crippen molar-refractivity contribution in [1.82, 2.24) is 19.6 Å². The molecule has 0 bridgehead atoms. The maximum atomic E-state index is 12.0. The second-order valence-electron chi connectivity index (χ2n) is 6.45. The van der Waals surface area contributed by atoms with Crippen molar-refractivity contribution in [2.24, 2.45) is 13.0 Å². The van der Waals surface area contributed by atoms with Crippen LogP contribution in [0.25, 0.3) is 0 Å². The first-order valence-electron chi connectivity index (χ1n) is 7.62. The Morgan fingerprint density at radius 3 is 2.64 bits per heavy atom. The molecule has 0 unspecified atom stereocenters. The molecule has 1 amide bonds. The Bertz CT molecular complexity index is 589. The number of carbonyl (C=O) groups excluding carboxylic acids is 1. The summed E-state index contributed by atoms with van der Waals surface area (Å²) in [6.07, 6.45) is 5.42. The smallest absolute Gasteiger partial charge is 0.309 e. The van der Waals surface area contributed by atoms with Crippen molar-refractivity contribution in [3.8, 4) is 0 Å². The van der Waals surface area contributed by atoms with Gasteiger partial charge in [0.25, 0.3) is 0 Å². The molecule has 7 nitrogen and oxygen atoms in total. The number of aryl methyl sites for hydroxylation is 1. The first-order chi connectivity index (χ1) is 10.4.